The summed E-state index contributed by atoms with van der Waals surface area (Å²) in [6.07, 6.45) is -3.34. The first-order valence-electron chi connectivity index (χ1n) is 6.80. The molecule has 0 radical (unpaired) electrons. The third-order valence-corrected chi connectivity index (χ3v) is 6.79. The number of pyridine rings is 1. The molecule has 10 heteroatoms. The monoisotopic (exact) mass is 485 g/mol. The van der Waals surface area contributed by atoms with Crippen molar-refractivity contribution in [2.45, 2.75) is 18.0 Å². The molecule has 1 atom stereocenters. The highest BCUT2D eigenvalue weighted by atomic mass is 127. The van der Waals surface area contributed by atoms with E-state index in [2.05, 4.69) is 32.6 Å². The Balaban J connectivity index is 2.21. The molecule has 3 heterocycles. The molecule has 0 aromatic carbocycles. The van der Waals surface area contributed by atoms with E-state index in [0.717, 1.165) is 8.95 Å². The summed E-state index contributed by atoms with van der Waals surface area (Å²) in [4.78, 5) is 9.20. The molecule has 3 aromatic rings. The van der Waals surface area contributed by atoms with Crippen LogP contribution < -0.4 is 0 Å². The average Bonchev–Trinajstić information content (AvgIpc) is 3.06. The Morgan fingerprint density at radius 1 is 1.38 bits per heavy atom. The summed E-state index contributed by atoms with van der Waals surface area (Å²) in [6, 6.07) is 2.77. The van der Waals surface area contributed by atoms with Gasteiger partial charge in [0.2, 0.25) is 0 Å². The maximum atomic E-state index is 12.8. The number of aryl methyl sites for hydroxylation is 1. The minimum absolute atomic E-state index is 0.214. The number of thiophene rings is 1. The number of hydrogen-bond donors (Lipinski definition) is 0. The Kier molecular flexibility index (Phi) is 4.73. The van der Waals surface area contributed by atoms with Gasteiger partial charge in [-0.2, -0.15) is 13.2 Å². The number of rotatable bonds is 3. The van der Waals surface area contributed by atoms with Gasteiger partial charge in [0.05, 0.1) is 40.7 Å². The lowest BCUT2D eigenvalue weighted by Gasteiger charge is -2.05. The molecule has 0 aliphatic heterocycles. The van der Waals surface area contributed by atoms with Gasteiger partial charge in [0.15, 0.2) is 5.82 Å². The zero-order valence-corrected chi connectivity index (χ0v) is 16.3. The molecule has 0 saturated heterocycles. The fourth-order valence-electron chi connectivity index (χ4n) is 2.27. The lowest BCUT2D eigenvalue weighted by Crippen LogP contribution is -2.07. The number of alkyl halides is 3. The highest BCUT2D eigenvalue weighted by Crippen LogP contribution is 2.37. The molecule has 0 saturated carbocycles. The van der Waals surface area contributed by atoms with Crippen LogP contribution in [0.5, 0.6) is 0 Å². The van der Waals surface area contributed by atoms with Crippen molar-refractivity contribution in [1.82, 2.24) is 14.5 Å². The van der Waals surface area contributed by atoms with E-state index in [1.165, 1.54) is 17.5 Å². The predicted molar refractivity (Wildman–Crippen MR) is 96.5 cm³/mol. The van der Waals surface area contributed by atoms with Crippen LogP contribution in [0.1, 0.15) is 12.6 Å². The van der Waals surface area contributed by atoms with Crippen molar-refractivity contribution in [3.05, 3.63) is 26.9 Å². The van der Waals surface area contributed by atoms with Gasteiger partial charge in [0.1, 0.15) is 5.69 Å². The first kappa shape index (κ1) is 17.8. The van der Waals surface area contributed by atoms with E-state index in [1.807, 2.05) is 13.0 Å². The summed E-state index contributed by atoms with van der Waals surface area (Å²) in [6.45, 7) is 1.82. The second-order valence-corrected chi connectivity index (χ2v) is 9.58. The Morgan fingerprint density at radius 2 is 2.08 bits per heavy atom. The zero-order chi connectivity index (χ0) is 17.6. The van der Waals surface area contributed by atoms with Crippen molar-refractivity contribution in [2.75, 3.05) is 5.75 Å². The van der Waals surface area contributed by atoms with Crippen molar-refractivity contribution >= 4 is 55.8 Å². The highest BCUT2D eigenvalue weighted by Gasteiger charge is 2.33. The summed E-state index contributed by atoms with van der Waals surface area (Å²) in [5.41, 5.74) is -0.265. The molecule has 0 bridgehead atoms. The first-order valence-corrected chi connectivity index (χ1v) is 10.0. The lowest BCUT2D eigenvalue weighted by atomic mass is 10.3. The summed E-state index contributed by atoms with van der Waals surface area (Å²) in [5.74, 6) is 0.958. The normalized spacial score (nSPS) is 13.6. The van der Waals surface area contributed by atoms with Crippen molar-refractivity contribution in [1.29, 1.82) is 0 Å². The highest BCUT2D eigenvalue weighted by molar-refractivity contribution is 14.1. The Hall–Kier alpha value is -1.01. The van der Waals surface area contributed by atoms with Gasteiger partial charge in [-0.15, -0.1) is 11.3 Å². The van der Waals surface area contributed by atoms with Crippen LogP contribution in [-0.4, -0.2) is 24.5 Å². The average molecular weight is 485 g/mol. The number of halogens is 4. The lowest BCUT2D eigenvalue weighted by molar-refractivity contribution is -0.141. The van der Waals surface area contributed by atoms with Crippen molar-refractivity contribution in [3.63, 3.8) is 0 Å². The molecule has 1 unspecified atom stereocenters. The molecule has 3 rings (SSSR count). The van der Waals surface area contributed by atoms with Gasteiger partial charge >= 0.3 is 6.18 Å². The molecule has 0 aliphatic rings. The van der Waals surface area contributed by atoms with Crippen molar-refractivity contribution < 1.29 is 17.4 Å². The number of aromatic nitrogens is 3. The minimum atomic E-state index is -4.51. The van der Waals surface area contributed by atoms with E-state index in [4.69, 9.17) is 0 Å². The topological polar surface area (TPSA) is 47.8 Å². The smallest absolute Gasteiger partial charge is 0.325 e. The maximum Gasteiger partial charge on any atom is 0.433 e. The van der Waals surface area contributed by atoms with Gasteiger partial charge < -0.3 is 4.57 Å². The molecule has 4 nitrogen and oxygen atoms in total. The summed E-state index contributed by atoms with van der Waals surface area (Å²) < 4.78 is 53.4. The van der Waals surface area contributed by atoms with E-state index in [0.29, 0.717) is 26.9 Å². The quantitative estimate of drug-likeness (QED) is 0.516. The molecule has 0 aliphatic carbocycles. The van der Waals surface area contributed by atoms with E-state index in [1.54, 1.807) is 11.6 Å². The molecule has 0 amide bonds. The van der Waals surface area contributed by atoms with E-state index >= 15 is 0 Å². The minimum Gasteiger partial charge on any atom is -0.325 e. The summed E-state index contributed by atoms with van der Waals surface area (Å²) in [7, 11) is 0.540. The number of hydrogen-bond acceptors (Lipinski definition) is 4. The van der Waals surface area contributed by atoms with Crippen molar-refractivity contribution in [2.24, 2.45) is 7.05 Å². The van der Waals surface area contributed by atoms with Crippen LogP contribution >= 0.6 is 33.9 Å². The molecule has 3 aromatic heterocycles. The Bertz CT molecular complexity index is 949. The van der Waals surface area contributed by atoms with E-state index in [-0.39, 0.29) is 5.52 Å². The summed E-state index contributed by atoms with van der Waals surface area (Å²) >= 11 is 3.55. The Morgan fingerprint density at radius 3 is 2.71 bits per heavy atom. The van der Waals surface area contributed by atoms with Crippen molar-refractivity contribution in [3.8, 4) is 10.7 Å². The second kappa shape index (κ2) is 6.37. The molecule has 24 heavy (non-hydrogen) atoms. The van der Waals surface area contributed by atoms with Gasteiger partial charge in [0.25, 0.3) is 0 Å². The van der Waals surface area contributed by atoms with Crippen LogP contribution in [0, 0.1) is 2.88 Å². The van der Waals surface area contributed by atoms with Crippen LogP contribution in [0.25, 0.3) is 21.7 Å². The van der Waals surface area contributed by atoms with Gasteiger partial charge in [-0.1, -0.05) is 6.92 Å². The van der Waals surface area contributed by atoms with Gasteiger partial charge in [-0.3, -0.25) is 4.21 Å². The van der Waals surface area contributed by atoms with Gasteiger partial charge in [0, 0.05) is 12.8 Å². The molecular weight excluding hydrogens is 474 g/mol. The van der Waals surface area contributed by atoms with Gasteiger partial charge in [-0.25, -0.2) is 9.97 Å². The third-order valence-electron chi connectivity index (χ3n) is 3.44. The predicted octanol–water partition coefficient (Wildman–Crippen LogP) is 4.45. The van der Waals surface area contributed by atoms with Crippen LogP contribution in [0.2, 0.25) is 0 Å². The van der Waals surface area contributed by atoms with E-state index in [9.17, 15) is 17.4 Å². The van der Waals surface area contributed by atoms with Crippen LogP contribution in [0.3, 0.4) is 0 Å². The number of nitrogens with zero attached hydrogens (tertiary/aromatic N) is 3. The third kappa shape index (κ3) is 3.10. The SMILES string of the molecule is CCS(=O)c1cc(I)sc1-c1nc2cc(C(F)(F)F)ncc2n1C. The van der Waals surface area contributed by atoms with E-state index < -0.39 is 22.7 Å². The molecular formula is C14H11F3IN3OS2. The zero-order valence-electron chi connectivity index (χ0n) is 12.5. The molecule has 0 N–H and O–H groups in total. The largest absolute Gasteiger partial charge is 0.433 e. The maximum absolute atomic E-state index is 12.8. The number of fused-ring (bicyclic) bond motifs is 1. The molecule has 128 valence electrons. The van der Waals surface area contributed by atoms with Crippen LogP contribution in [0.15, 0.2) is 23.2 Å². The van der Waals surface area contributed by atoms with Gasteiger partial charge in [-0.05, 0) is 34.7 Å². The standard InChI is InChI=1S/C14H11F3IN3OS2/c1-3-24(22)9-5-11(18)23-12(9)13-20-7-4-10(14(15,16)17)19-6-8(7)21(13)2/h4-6H,3H2,1-2H3. The van der Waals surface area contributed by atoms with Crippen LogP contribution in [-0.2, 0) is 24.0 Å². The molecule has 0 fully saturated rings. The Labute approximate surface area is 155 Å². The first-order chi connectivity index (χ1) is 11.2. The fraction of sp³-hybridized carbons (Fsp3) is 0.286. The molecule has 0 spiro atoms. The fourth-order valence-corrected chi connectivity index (χ4v) is 5.60. The second-order valence-electron chi connectivity index (χ2n) is 4.93. The van der Waals surface area contributed by atoms with Crippen LogP contribution in [0.4, 0.5) is 13.2 Å². The number of imidazole rings is 1. The summed E-state index contributed by atoms with van der Waals surface area (Å²) in [5, 5.41) is 0.